The van der Waals surface area contributed by atoms with Gasteiger partial charge in [0.25, 0.3) is 0 Å². The monoisotopic (exact) mass is 484 g/mol. The highest BCUT2D eigenvalue weighted by Gasteiger charge is 2.22. The molecule has 0 aliphatic rings. The standard InChI is InChI=1S/C20H22Br2O4/c1-3-5-11-25-19(23)13-7-9-15(21)18-16(22)10-8-14(17(13)18)20(24)26-12-6-4-2/h7-10H,3-6,11-12H2,1-2H3. The minimum atomic E-state index is -0.434. The van der Waals surface area contributed by atoms with Crippen LogP contribution in [0.2, 0.25) is 0 Å². The SMILES string of the molecule is CCCCOC(=O)c1ccc(Br)c2c(Br)ccc(C(=O)OCCCC)c12. The molecule has 6 heteroatoms. The summed E-state index contributed by atoms with van der Waals surface area (Å²) in [4.78, 5) is 25.2. The van der Waals surface area contributed by atoms with Gasteiger partial charge in [-0.2, -0.15) is 0 Å². The summed E-state index contributed by atoms with van der Waals surface area (Å²) in [6.45, 7) is 4.78. The maximum Gasteiger partial charge on any atom is 0.338 e. The van der Waals surface area contributed by atoms with Crippen molar-refractivity contribution in [3.05, 3.63) is 44.3 Å². The molecule has 0 fully saturated rings. The Morgan fingerprint density at radius 2 is 1.19 bits per heavy atom. The van der Waals surface area contributed by atoms with Gasteiger partial charge in [0.15, 0.2) is 0 Å². The molecule has 4 nitrogen and oxygen atoms in total. The van der Waals surface area contributed by atoms with Gasteiger partial charge in [-0.05, 0) is 37.1 Å². The van der Waals surface area contributed by atoms with Gasteiger partial charge < -0.3 is 9.47 Å². The largest absolute Gasteiger partial charge is 0.462 e. The fourth-order valence-electron chi connectivity index (χ4n) is 2.53. The van der Waals surface area contributed by atoms with Crippen molar-refractivity contribution in [2.75, 3.05) is 13.2 Å². The van der Waals surface area contributed by atoms with E-state index in [4.69, 9.17) is 9.47 Å². The number of carbonyl (C=O) groups excluding carboxylic acids is 2. The van der Waals surface area contributed by atoms with Crippen molar-refractivity contribution in [2.24, 2.45) is 0 Å². The number of benzene rings is 2. The second-order valence-corrected chi connectivity index (χ2v) is 7.63. The third kappa shape index (κ3) is 4.86. The van der Waals surface area contributed by atoms with Crippen LogP contribution in [0.3, 0.4) is 0 Å². The molecule has 0 aliphatic heterocycles. The Kier molecular flexibility index (Phi) is 8.10. The highest BCUT2D eigenvalue weighted by Crippen LogP contribution is 2.36. The molecule has 140 valence electrons. The van der Waals surface area contributed by atoms with Gasteiger partial charge in [0.05, 0.1) is 24.3 Å². The first-order valence-corrected chi connectivity index (χ1v) is 10.3. The molecule has 0 amide bonds. The Bertz CT molecular complexity index is 739. The Morgan fingerprint density at radius 3 is 1.58 bits per heavy atom. The van der Waals surface area contributed by atoms with E-state index in [9.17, 15) is 9.59 Å². The molecule has 0 aliphatic carbocycles. The van der Waals surface area contributed by atoms with E-state index in [1.165, 1.54) is 0 Å². The normalized spacial score (nSPS) is 10.8. The lowest BCUT2D eigenvalue weighted by Crippen LogP contribution is -2.12. The van der Waals surface area contributed by atoms with E-state index < -0.39 is 11.9 Å². The average molecular weight is 486 g/mol. The lowest BCUT2D eigenvalue weighted by Gasteiger charge is -2.14. The summed E-state index contributed by atoms with van der Waals surface area (Å²) < 4.78 is 12.3. The number of rotatable bonds is 8. The van der Waals surface area contributed by atoms with Gasteiger partial charge in [-0.15, -0.1) is 0 Å². The lowest BCUT2D eigenvalue weighted by atomic mass is 9.99. The summed E-state index contributed by atoms with van der Waals surface area (Å²) in [5.74, 6) is -0.867. The molecule has 0 spiro atoms. The molecule has 0 N–H and O–H groups in total. The zero-order valence-corrected chi connectivity index (χ0v) is 18.1. The van der Waals surface area contributed by atoms with Crippen LogP contribution < -0.4 is 0 Å². The molecule has 0 saturated heterocycles. The third-order valence-electron chi connectivity index (χ3n) is 3.96. The smallest absolute Gasteiger partial charge is 0.338 e. The summed E-state index contributed by atoms with van der Waals surface area (Å²) in [6, 6.07) is 6.93. The molecule has 2 rings (SSSR count). The van der Waals surface area contributed by atoms with Crippen LogP contribution in [0.4, 0.5) is 0 Å². The Morgan fingerprint density at radius 1 is 0.769 bits per heavy atom. The zero-order chi connectivity index (χ0) is 19.1. The lowest BCUT2D eigenvalue weighted by molar-refractivity contribution is 0.0500. The van der Waals surface area contributed by atoms with Crippen LogP contribution in [0.25, 0.3) is 10.8 Å². The predicted molar refractivity (Wildman–Crippen MR) is 110 cm³/mol. The van der Waals surface area contributed by atoms with Gasteiger partial charge >= 0.3 is 11.9 Å². The van der Waals surface area contributed by atoms with Crippen LogP contribution in [0.1, 0.15) is 60.2 Å². The molecule has 0 heterocycles. The number of halogens is 2. The molecule has 0 saturated carbocycles. The fourth-order valence-corrected chi connectivity index (χ4v) is 3.88. The van der Waals surface area contributed by atoms with Crippen LogP contribution in [0.5, 0.6) is 0 Å². The van der Waals surface area contributed by atoms with Crippen molar-refractivity contribution in [3.63, 3.8) is 0 Å². The molecule has 0 bridgehead atoms. The number of ether oxygens (including phenoxy) is 2. The molecule has 0 atom stereocenters. The van der Waals surface area contributed by atoms with E-state index in [2.05, 4.69) is 31.9 Å². The first-order valence-electron chi connectivity index (χ1n) is 8.76. The Balaban J connectivity index is 2.52. The summed E-state index contributed by atoms with van der Waals surface area (Å²) in [6.07, 6.45) is 3.48. The van der Waals surface area contributed by atoms with Crippen molar-refractivity contribution in [3.8, 4) is 0 Å². The van der Waals surface area contributed by atoms with Crippen LogP contribution >= 0.6 is 31.9 Å². The predicted octanol–water partition coefficient (Wildman–Crippen LogP) is 6.28. The van der Waals surface area contributed by atoms with E-state index in [-0.39, 0.29) is 0 Å². The average Bonchev–Trinajstić information content (AvgIpc) is 2.62. The van der Waals surface area contributed by atoms with E-state index in [0.717, 1.165) is 40.0 Å². The number of carbonyl (C=O) groups is 2. The van der Waals surface area contributed by atoms with Crippen molar-refractivity contribution >= 4 is 54.6 Å². The van der Waals surface area contributed by atoms with Crippen molar-refractivity contribution < 1.29 is 19.1 Å². The van der Waals surface area contributed by atoms with E-state index in [0.29, 0.717) is 29.7 Å². The molecule has 26 heavy (non-hydrogen) atoms. The number of fused-ring (bicyclic) bond motifs is 1. The molecule has 2 aromatic rings. The zero-order valence-electron chi connectivity index (χ0n) is 14.9. The quantitative estimate of drug-likeness (QED) is 0.326. The minimum absolute atomic E-state index is 0.358. The van der Waals surface area contributed by atoms with Crippen LogP contribution in [-0.2, 0) is 9.47 Å². The van der Waals surface area contributed by atoms with Crippen molar-refractivity contribution in [2.45, 2.75) is 39.5 Å². The van der Waals surface area contributed by atoms with Gasteiger partial charge in [0, 0.05) is 19.7 Å². The number of hydrogen-bond acceptors (Lipinski definition) is 4. The maximum atomic E-state index is 12.6. The summed E-state index contributed by atoms with van der Waals surface area (Å²) in [7, 11) is 0. The minimum Gasteiger partial charge on any atom is -0.462 e. The number of esters is 2. The molecular formula is C20H22Br2O4. The molecule has 2 aromatic carbocycles. The van der Waals surface area contributed by atoms with Gasteiger partial charge in [-0.3, -0.25) is 0 Å². The van der Waals surface area contributed by atoms with Crippen LogP contribution in [0.15, 0.2) is 33.2 Å². The molecule has 0 radical (unpaired) electrons. The maximum absolute atomic E-state index is 12.6. The Labute approximate surface area is 170 Å². The number of hydrogen-bond donors (Lipinski definition) is 0. The molecule has 0 aromatic heterocycles. The summed E-state index contributed by atoms with van der Waals surface area (Å²) in [5.41, 5.74) is 0.728. The second kappa shape index (κ2) is 10.1. The fraction of sp³-hybridized carbons (Fsp3) is 0.400. The number of unbranched alkanes of at least 4 members (excludes halogenated alkanes) is 2. The molecular weight excluding hydrogens is 464 g/mol. The first-order chi connectivity index (χ1) is 12.5. The highest BCUT2D eigenvalue weighted by molar-refractivity contribution is 9.11. The first kappa shape index (κ1) is 20.9. The summed E-state index contributed by atoms with van der Waals surface area (Å²) in [5, 5.41) is 1.29. The van der Waals surface area contributed by atoms with E-state index in [1.807, 2.05) is 13.8 Å². The Hall–Kier alpha value is -1.40. The highest BCUT2D eigenvalue weighted by atomic mass is 79.9. The van der Waals surface area contributed by atoms with Gasteiger partial charge in [0.2, 0.25) is 0 Å². The van der Waals surface area contributed by atoms with Crippen LogP contribution in [0, 0.1) is 0 Å². The topological polar surface area (TPSA) is 52.6 Å². The van der Waals surface area contributed by atoms with E-state index >= 15 is 0 Å². The van der Waals surface area contributed by atoms with Gasteiger partial charge in [0.1, 0.15) is 0 Å². The van der Waals surface area contributed by atoms with Gasteiger partial charge in [-0.1, -0.05) is 58.5 Å². The third-order valence-corrected chi connectivity index (χ3v) is 5.28. The van der Waals surface area contributed by atoms with E-state index in [1.54, 1.807) is 24.3 Å². The second-order valence-electron chi connectivity index (χ2n) is 5.92. The van der Waals surface area contributed by atoms with Crippen molar-refractivity contribution in [1.29, 1.82) is 0 Å². The van der Waals surface area contributed by atoms with Crippen molar-refractivity contribution in [1.82, 2.24) is 0 Å². The molecule has 0 unspecified atom stereocenters. The summed E-state index contributed by atoms with van der Waals surface area (Å²) >= 11 is 7.02. The van der Waals surface area contributed by atoms with Crippen LogP contribution in [-0.4, -0.2) is 25.2 Å². The van der Waals surface area contributed by atoms with Gasteiger partial charge in [-0.25, -0.2) is 9.59 Å².